The Hall–Kier alpha value is -1.39. The topological polar surface area (TPSA) is 52.1 Å². The summed E-state index contributed by atoms with van der Waals surface area (Å²) in [6.07, 6.45) is 1.68. The number of benzene rings is 1. The molecular weight excluding hydrogens is 226 g/mol. The molecule has 1 aliphatic rings. The van der Waals surface area contributed by atoms with Crippen LogP contribution in [0, 0.1) is 0 Å². The molecule has 4 heteroatoms. The zero-order valence-electron chi connectivity index (χ0n) is 10.7. The summed E-state index contributed by atoms with van der Waals surface area (Å²) in [6, 6.07) is 8.09. The van der Waals surface area contributed by atoms with E-state index in [1.807, 2.05) is 31.2 Å². The zero-order chi connectivity index (χ0) is 12.6. The van der Waals surface area contributed by atoms with Crippen LogP contribution in [0.3, 0.4) is 0 Å². The highest BCUT2D eigenvalue weighted by Crippen LogP contribution is 2.22. The van der Waals surface area contributed by atoms with Gasteiger partial charge in [-0.1, -0.05) is 12.1 Å². The molecule has 1 aromatic heterocycles. The van der Waals surface area contributed by atoms with Gasteiger partial charge in [-0.25, -0.2) is 4.98 Å². The smallest absolute Gasteiger partial charge is 0.121 e. The molecule has 2 heterocycles. The first-order valence-corrected chi connectivity index (χ1v) is 6.51. The minimum absolute atomic E-state index is 0.482. The number of fused-ring (bicyclic) bond motifs is 1. The third-order valence-electron chi connectivity index (χ3n) is 3.75. The van der Waals surface area contributed by atoms with Crippen molar-refractivity contribution in [2.75, 3.05) is 13.1 Å². The highest BCUT2D eigenvalue weighted by atomic mass is 16.3. The number of piperidine rings is 1. The van der Waals surface area contributed by atoms with Crippen LogP contribution in [-0.2, 0) is 6.54 Å². The van der Waals surface area contributed by atoms with Gasteiger partial charge < -0.3 is 10.1 Å². The van der Waals surface area contributed by atoms with Crippen molar-refractivity contribution in [3.63, 3.8) is 0 Å². The van der Waals surface area contributed by atoms with E-state index in [2.05, 4.69) is 14.9 Å². The molecule has 96 valence electrons. The number of likely N-dealkylation sites (tertiary alicyclic amines) is 1. The van der Waals surface area contributed by atoms with E-state index >= 15 is 0 Å². The van der Waals surface area contributed by atoms with E-state index in [4.69, 9.17) is 0 Å². The second-order valence-electron chi connectivity index (χ2n) is 5.47. The number of nitrogens with one attached hydrogen (secondary N) is 1. The van der Waals surface area contributed by atoms with Crippen molar-refractivity contribution < 1.29 is 5.11 Å². The van der Waals surface area contributed by atoms with Crippen molar-refractivity contribution >= 4 is 11.0 Å². The molecule has 0 unspecified atom stereocenters. The minimum Gasteiger partial charge on any atom is -0.390 e. The predicted octanol–water partition coefficient (Wildman–Crippen LogP) is 1.91. The summed E-state index contributed by atoms with van der Waals surface area (Å²) < 4.78 is 0. The Morgan fingerprint density at radius 2 is 2.06 bits per heavy atom. The average molecular weight is 245 g/mol. The fraction of sp³-hybridized carbons (Fsp3) is 0.500. The van der Waals surface area contributed by atoms with Gasteiger partial charge in [0.05, 0.1) is 23.2 Å². The van der Waals surface area contributed by atoms with Crippen LogP contribution in [0.25, 0.3) is 11.0 Å². The largest absolute Gasteiger partial charge is 0.390 e. The summed E-state index contributed by atoms with van der Waals surface area (Å²) in [5.41, 5.74) is 1.64. The molecule has 1 saturated heterocycles. The number of imidazole rings is 1. The molecule has 1 aromatic carbocycles. The van der Waals surface area contributed by atoms with Gasteiger partial charge in [-0.15, -0.1) is 0 Å². The number of H-pyrrole nitrogens is 1. The van der Waals surface area contributed by atoms with Crippen LogP contribution in [-0.4, -0.2) is 38.7 Å². The Bertz CT molecular complexity index is 504. The summed E-state index contributed by atoms with van der Waals surface area (Å²) in [5, 5.41) is 9.92. The van der Waals surface area contributed by atoms with E-state index in [1.165, 1.54) is 0 Å². The van der Waals surface area contributed by atoms with E-state index in [0.29, 0.717) is 0 Å². The lowest BCUT2D eigenvalue weighted by Gasteiger charge is -2.35. The Balaban J connectivity index is 1.69. The van der Waals surface area contributed by atoms with E-state index in [-0.39, 0.29) is 0 Å². The Labute approximate surface area is 107 Å². The molecule has 0 bridgehead atoms. The van der Waals surface area contributed by atoms with E-state index in [9.17, 15) is 5.11 Å². The van der Waals surface area contributed by atoms with Gasteiger partial charge in [0.1, 0.15) is 5.82 Å². The number of nitrogens with zero attached hydrogens (tertiary/aromatic N) is 2. The van der Waals surface area contributed by atoms with Crippen molar-refractivity contribution in [3.05, 3.63) is 30.1 Å². The molecule has 0 radical (unpaired) electrons. The van der Waals surface area contributed by atoms with Gasteiger partial charge in [0.2, 0.25) is 0 Å². The zero-order valence-corrected chi connectivity index (χ0v) is 10.7. The third-order valence-corrected chi connectivity index (χ3v) is 3.75. The monoisotopic (exact) mass is 245 g/mol. The highest BCUT2D eigenvalue weighted by molar-refractivity contribution is 5.74. The van der Waals surface area contributed by atoms with Crippen LogP contribution in [0.5, 0.6) is 0 Å². The van der Waals surface area contributed by atoms with Crippen molar-refractivity contribution in [1.82, 2.24) is 14.9 Å². The number of aromatic amines is 1. The Kier molecular flexibility index (Phi) is 2.84. The van der Waals surface area contributed by atoms with E-state index in [0.717, 1.165) is 49.3 Å². The molecule has 0 atom stereocenters. The molecule has 0 amide bonds. The van der Waals surface area contributed by atoms with Gasteiger partial charge in [0.25, 0.3) is 0 Å². The SMILES string of the molecule is CC1(O)CCN(Cc2nc3ccccc3[nH]2)CC1. The maximum absolute atomic E-state index is 9.92. The molecule has 4 nitrogen and oxygen atoms in total. The van der Waals surface area contributed by atoms with Gasteiger partial charge in [-0.3, -0.25) is 4.90 Å². The molecule has 1 aliphatic heterocycles. The maximum Gasteiger partial charge on any atom is 0.121 e. The van der Waals surface area contributed by atoms with Crippen LogP contribution >= 0.6 is 0 Å². The number of hydrogen-bond acceptors (Lipinski definition) is 3. The average Bonchev–Trinajstić information content (AvgIpc) is 2.74. The number of aromatic nitrogens is 2. The third kappa shape index (κ3) is 2.40. The maximum atomic E-state index is 9.92. The fourth-order valence-electron chi connectivity index (χ4n) is 2.49. The van der Waals surface area contributed by atoms with Crippen molar-refractivity contribution in [2.24, 2.45) is 0 Å². The molecule has 2 aromatic rings. The van der Waals surface area contributed by atoms with Crippen LogP contribution in [0.4, 0.5) is 0 Å². The quantitative estimate of drug-likeness (QED) is 0.849. The van der Waals surface area contributed by atoms with Gasteiger partial charge in [-0.2, -0.15) is 0 Å². The van der Waals surface area contributed by atoms with E-state index < -0.39 is 5.60 Å². The summed E-state index contributed by atoms with van der Waals surface area (Å²) in [5.74, 6) is 1.01. The van der Waals surface area contributed by atoms with Gasteiger partial charge in [-0.05, 0) is 31.9 Å². The molecule has 1 fully saturated rings. The van der Waals surface area contributed by atoms with Gasteiger partial charge >= 0.3 is 0 Å². The molecule has 0 saturated carbocycles. The fourth-order valence-corrected chi connectivity index (χ4v) is 2.49. The van der Waals surface area contributed by atoms with Crippen molar-refractivity contribution in [3.8, 4) is 0 Å². The van der Waals surface area contributed by atoms with Crippen LogP contribution in [0.15, 0.2) is 24.3 Å². The minimum atomic E-state index is -0.482. The highest BCUT2D eigenvalue weighted by Gasteiger charge is 2.27. The summed E-state index contributed by atoms with van der Waals surface area (Å²) in [4.78, 5) is 10.3. The second kappa shape index (κ2) is 4.37. The van der Waals surface area contributed by atoms with Gasteiger partial charge in [0.15, 0.2) is 0 Å². The lowest BCUT2D eigenvalue weighted by Crippen LogP contribution is -2.42. The Morgan fingerprint density at radius 3 is 2.78 bits per heavy atom. The lowest BCUT2D eigenvalue weighted by atomic mass is 9.94. The first-order chi connectivity index (χ1) is 8.62. The molecule has 3 rings (SSSR count). The van der Waals surface area contributed by atoms with Crippen molar-refractivity contribution in [2.45, 2.75) is 31.9 Å². The van der Waals surface area contributed by atoms with Crippen LogP contribution in [0.1, 0.15) is 25.6 Å². The predicted molar refractivity (Wildman–Crippen MR) is 71.2 cm³/mol. The number of rotatable bonds is 2. The van der Waals surface area contributed by atoms with Gasteiger partial charge in [0, 0.05) is 13.1 Å². The van der Waals surface area contributed by atoms with E-state index in [1.54, 1.807) is 0 Å². The summed E-state index contributed by atoms with van der Waals surface area (Å²) >= 11 is 0. The molecule has 0 aliphatic carbocycles. The van der Waals surface area contributed by atoms with Crippen LogP contribution < -0.4 is 0 Å². The molecule has 2 N–H and O–H groups in total. The lowest BCUT2D eigenvalue weighted by molar-refractivity contribution is -0.00780. The molecular formula is C14H19N3O. The number of aliphatic hydroxyl groups is 1. The first-order valence-electron chi connectivity index (χ1n) is 6.51. The van der Waals surface area contributed by atoms with Crippen molar-refractivity contribution in [1.29, 1.82) is 0 Å². The number of para-hydroxylation sites is 2. The number of hydrogen-bond donors (Lipinski definition) is 2. The van der Waals surface area contributed by atoms with Crippen LogP contribution in [0.2, 0.25) is 0 Å². The first kappa shape index (κ1) is 11.7. The summed E-state index contributed by atoms with van der Waals surface area (Å²) in [6.45, 7) is 4.63. The Morgan fingerprint density at radius 1 is 1.33 bits per heavy atom. The molecule has 18 heavy (non-hydrogen) atoms. The standard InChI is InChI=1S/C14H19N3O/c1-14(18)6-8-17(9-7-14)10-13-15-11-4-2-3-5-12(11)16-13/h2-5,18H,6-10H2,1H3,(H,15,16). The normalized spacial score (nSPS) is 20.3. The summed E-state index contributed by atoms with van der Waals surface area (Å²) in [7, 11) is 0. The second-order valence-corrected chi connectivity index (χ2v) is 5.47. The molecule has 0 spiro atoms.